The van der Waals surface area contributed by atoms with Crippen molar-refractivity contribution in [1.82, 2.24) is 0 Å². The van der Waals surface area contributed by atoms with Gasteiger partial charge in [-0.05, 0) is 22.3 Å². The maximum Gasteiger partial charge on any atom is 0.125 e. The summed E-state index contributed by atoms with van der Waals surface area (Å²) in [5, 5.41) is 0. The molecule has 0 spiro atoms. The highest BCUT2D eigenvalue weighted by molar-refractivity contribution is 7.86. The summed E-state index contributed by atoms with van der Waals surface area (Å²) in [5.74, 6) is 0. The summed E-state index contributed by atoms with van der Waals surface area (Å²) in [6.45, 7) is 0. The predicted octanol–water partition coefficient (Wildman–Crippen LogP) is 3.92. The third-order valence-electron chi connectivity index (χ3n) is 3.43. The molecule has 3 nitrogen and oxygen atoms in total. The smallest absolute Gasteiger partial charge is 0.125 e. The summed E-state index contributed by atoms with van der Waals surface area (Å²) in [4.78, 5) is -0.174. The van der Waals surface area contributed by atoms with Crippen LogP contribution < -0.4 is 0 Å². The first-order valence-electron chi connectivity index (χ1n) is 6.77. The van der Waals surface area contributed by atoms with Gasteiger partial charge in [-0.1, -0.05) is 78.9 Å². The van der Waals surface area contributed by atoms with Crippen LogP contribution in [0, 0.1) is 0 Å². The van der Waals surface area contributed by atoms with E-state index in [2.05, 4.69) is 0 Å². The molecule has 0 amide bonds. The summed E-state index contributed by atoms with van der Waals surface area (Å²) in [6, 6.07) is 23.2. The largest absolute Gasteiger partial charge is 0.744 e. The van der Waals surface area contributed by atoms with Crippen molar-refractivity contribution in [3.8, 4) is 22.3 Å². The topological polar surface area (TPSA) is 57.2 Å². The highest BCUT2D eigenvalue weighted by Gasteiger charge is 2.16. The van der Waals surface area contributed by atoms with E-state index in [1.807, 2.05) is 36.4 Å². The lowest BCUT2D eigenvalue weighted by molar-refractivity contribution is 0.463. The van der Waals surface area contributed by atoms with Gasteiger partial charge in [0, 0.05) is 0 Å². The van der Waals surface area contributed by atoms with E-state index in [0.29, 0.717) is 22.3 Å². The number of hydrogen-bond donors (Lipinski definition) is 0. The second kappa shape index (κ2) is 5.75. The number of rotatable bonds is 3. The maximum atomic E-state index is 11.9. The fourth-order valence-electron chi connectivity index (χ4n) is 2.50. The molecule has 22 heavy (non-hydrogen) atoms. The summed E-state index contributed by atoms with van der Waals surface area (Å²) in [5.41, 5.74) is 2.26. The Hall–Kier alpha value is -2.43. The van der Waals surface area contributed by atoms with Crippen molar-refractivity contribution in [2.24, 2.45) is 0 Å². The monoisotopic (exact) mass is 309 g/mol. The zero-order valence-electron chi connectivity index (χ0n) is 11.6. The first kappa shape index (κ1) is 14.5. The average molecular weight is 309 g/mol. The Bertz CT molecular complexity index is 828. The molecule has 0 fully saturated rings. The first-order valence-corrected chi connectivity index (χ1v) is 8.18. The minimum atomic E-state index is -4.61. The van der Waals surface area contributed by atoms with Gasteiger partial charge in [-0.25, -0.2) is 8.42 Å². The lowest BCUT2D eigenvalue weighted by atomic mass is 9.99. The minimum Gasteiger partial charge on any atom is -0.744 e. The van der Waals surface area contributed by atoms with Crippen LogP contribution in [0.25, 0.3) is 22.3 Å². The van der Waals surface area contributed by atoms with Gasteiger partial charge in [-0.15, -0.1) is 0 Å². The molecule has 0 saturated carbocycles. The quantitative estimate of drug-likeness (QED) is 0.689. The van der Waals surface area contributed by atoms with Crippen LogP contribution in [0.15, 0.2) is 83.8 Å². The Labute approximate surface area is 129 Å². The van der Waals surface area contributed by atoms with Gasteiger partial charge in [-0.2, -0.15) is 0 Å². The summed E-state index contributed by atoms with van der Waals surface area (Å²) >= 11 is 0. The molecule has 0 bridgehead atoms. The Morgan fingerprint density at radius 3 is 1.36 bits per heavy atom. The van der Waals surface area contributed by atoms with E-state index in [0.717, 1.165) is 0 Å². The summed E-state index contributed by atoms with van der Waals surface area (Å²) < 4.78 is 35.6. The van der Waals surface area contributed by atoms with Crippen LogP contribution in [0.5, 0.6) is 0 Å². The Morgan fingerprint density at radius 2 is 1.00 bits per heavy atom. The zero-order chi connectivity index (χ0) is 15.6. The molecule has 0 heterocycles. The fourth-order valence-corrected chi connectivity index (χ4v) is 3.41. The van der Waals surface area contributed by atoms with Crippen molar-refractivity contribution in [2.45, 2.75) is 4.90 Å². The molecule has 3 rings (SSSR count). The zero-order valence-corrected chi connectivity index (χ0v) is 12.5. The van der Waals surface area contributed by atoms with E-state index < -0.39 is 10.1 Å². The summed E-state index contributed by atoms with van der Waals surface area (Å²) in [7, 11) is -4.61. The standard InChI is InChI=1S/C18H14O3S/c19-22(20,21)18-16(14-8-3-1-4-9-14)12-7-13-17(18)15-10-5-2-6-11-15/h1-13H,(H,19,20,21)/p-1. The fraction of sp³-hybridized carbons (Fsp3) is 0. The van der Waals surface area contributed by atoms with Crippen molar-refractivity contribution in [3.63, 3.8) is 0 Å². The number of benzene rings is 3. The Balaban J connectivity index is 2.34. The van der Waals surface area contributed by atoms with E-state index in [1.165, 1.54) is 0 Å². The second-order valence-corrected chi connectivity index (χ2v) is 6.18. The Kier molecular flexibility index (Phi) is 3.79. The van der Waals surface area contributed by atoms with Gasteiger partial charge >= 0.3 is 0 Å². The van der Waals surface area contributed by atoms with Crippen molar-refractivity contribution < 1.29 is 13.0 Å². The molecule has 110 valence electrons. The third-order valence-corrected chi connectivity index (χ3v) is 4.37. The lowest BCUT2D eigenvalue weighted by Crippen LogP contribution is -2.04. The molecule has 0 atom stereocenters. The van der Waals surface area contributed by atoms with Crippen LogP contribution in [0.4, 0.5) is 0 Å². The summed E-state index contributed by atoms with van der Waals surface area (Å²) in [6.07, 6.45) is 0. The average Bonchev–Trinajstić information content (AvgIpc) is 2.55. The van der Waals surface area contributed by atoms with Crippen LogP contribution in [0.2, 0.25) is 0 Å². The minimum absolute atomic E-state index is 0.174. The molecule has 0 radical (unpaired) electrons. The normalized spacial score (nSPS) is 11.3. The van der Waals surface area contributed by atoms with Crippen LogP contribution in [-0.4, -0.2) is 13.0 Å². The molecule has 4 heteroatoms. The molecular formula is C18H13O3S-. The molecule has 0 aliphatic carbocycles. The van der Waals surface area contributed by atoms with E-state index >= 15 is 0 Å². The number of hydrogen-bond acceptors (Lipinski definition) is 3. The predicted molar refractivity (Wildman–Crippen MR) is 85.3 cm³/mol. The first-order chi connectivity index (χ1) is 10.6. The SMILES string of the molecule is O=S(=O)([O-])c1c(-c2ccccc2)cccc1-c1ccccc1. The maximum absolute atomic E-state index is 11.9. The van der Waals surface area contributed by atoms with E-state index in [-0.39, 0.29) is 4.90 Å². The van der Waals surface area contributed by atoms with Gasteiger partial charge in [-0.3, -0.25) is 0 Å². The van der Waals surface area contributed by atoms with Gasteiger partial charge in [0.2, 0.25) is 0 Å². The van der Waals surface area contributed by atoms with Crippen LogP contribution in [0.1, 0.15) is 0 Å². The van der Waals surface area contributed by atoms with Gasteiger partial charge in [0.1, 0.15) is 10.1 Å². The molecule has 0 aliphatic rings. The lowest BCUT2D eigenvalue weighted by Gasteiger charge is -2.18. The van der Waals surface area contributed by atoms with E-state index in [9.17, 15) is 13.0 Å². The molecule has 0 saturated heterocycles. The third kappa shape index (κ3) is 2.79. The molecule has 0 unspecified atom stereocenters. The molecule has 0 aromatic heterocycles. The van der Waals surface area contributed by atoms with E-state index in [4.69, 9.17) is 0 Å². The van der Waals surface area contributed by atoms with E-state index in [1.54, 1.807) is 42.5 Å². The van der Waals surface area contributed by atoms with Gasteiger partial charge in [0.05, 0.1) is 4.90 Å². The van der Waals surface area contributed by atoms with Crippen molar-refractivity contribution >= 4 is 10.1 Å². The highest BCUT2D eigenvalue weighted by atomic mass is 32.2. The molecule has 3 aromatic carbocycles. The van der Waals surface area contributed by atoms with Gasteiger partial charge in [0.15, 0.2) is 0 Å². The Morgan fingerprint density at radius 1 is 0.591 bits per heavy atom. The molecule has 3 aromatic rings. The second-order valence-electron chi connectivity index (χ2n) is 4.87. The van der Waals surface area contributed by atoms with Crippen molar-refractivity contribution in [2.75, 3.05) is 0 Å². The van der Waals surface area contributed by atoms with Crippen LogP contribution in [0.3, 0.4) is 0 Å². The highest BCUT2D eigenvalue weighted by Crippen LogP contribution is 2.35. The van der Waals surface area contributed by atoms with Crippen molar-refractivity contribution in [3.05, 3.63) is 78.9 Å². The molecular weight excluding hydrogens is 296 g/mol. The molecule has 0 aliphatic heterocycles. The van der Waals surface area contributed by atoms with Gasteiger partial charge in [0.25, 0.3) is 0 Å². The van der Waals surface area contributed by atoms with Gasteiger partial charge < -0.3 is 4.55 Å². The van der Waals surface area contributed by atoms with Crippen LogP contribution in [-0.2, 0) is 10.1 Å². The van der Waals surface area contributed by atoms with Crippen molar-refractivity contribution in [1.29, 1.82) is 0 Å². The molecule has 0 N–H and O–H groups in total. The van der Waals surface area contributed by atoms with Crippen LogP contribution >= 0.6 is 0 Å².